The van der Waals surface area contributed by atoms with Crippen molar-refractivity contribution in [1.82, 2.24) is 0 Å². The molecule has 0 saturated heterocycles. The van der Waals surface area contributed by atoms with E-state index in [-0.39, 0.29) is 0 Å². The van der Waals surface area contributed by atoms with Crippen LogP contribution in [0.3, 0.4) is 0 Å². The first-order valence-corrected chi connectivity index (χ1v) is 19.7. The van der Waals surface area contributed by atoms with Crippen molar-refractivity contribution in [3.63, 3.8) is 0 Å². The number of hydrogen-bond acceptors (Lipinski definition) is 4. The summed E-state index contributed by atoms with van der Waals surface area (Å²) >= 11 is 0. The highest BCUT2D eigenvalue weighted by Gasteiger charge is 2.27. The maximum absolute atomic E-state index is 6.33. The highest BCUT2D eigenvalue weighted by Crippen LogP contribution is 2.52. The molecule has 0 N–H and O–H groups in total. The van der Waals surface area contributed by atoms with E-state index in [4.69, 9.17) is 8.83 Å². The molecule has 12 rings (SSSR count). The summed E-state index contributed by atoms with van der Waals surface area (Å²) in [5, 5.41) is 11.3. The number of benzene rings is 10. The van der Waals surface area contributed by atoms with Crippen LogP contribution in [-0.4, -0.2) is 0 Å². The maximum atomic E-state index is 6.33. The predicted molar refractivity (Wildman–Crippen MR) is 243 cm³/mol. The van der Waals surface area contributed by atoms with Gasteiger partial charge < -0.3 is 18.6 Å². The highest BCUT2D eigenvalue weighted by molar-refractivity contribution is 6.26. The zero-order chi connectivity index (χ0) is 38.2. The molecule has 2 heterocycles. The van der Waals surface area contributed by atoms with Gasteiger partial charge in [-0.15, -0.1) is 0 Å². The molecular formula is C54H34N2O2. The minimum Gasteiger partial charge on any atom is -0.456 e. The Kier molecular flexibility index (Phi) is 7.20. The number of para-hydroxylation sites is 4. The molecule has 0 aliphatic rings. The van der Waals surface area contributed by atoms with Crippen LogP contribution < -0.4 is 9.80 Å². The Morgan fingerprint density at radius 1 is 0.241 bits per heavy atom. The molecule has 4 heteroatoms. The zero-order valence-corrected chi connectivity index (χ0v) is 31.3. The Bertz CT molecular complexity index is 3300. The van der Waals surface area contributed by atoms with E-state index < -0.39 is 0 Å². The fourth-order valence-electron chi connectivity index (χ4n) is 8.98. The van der Waals surface area contributed by atoms with Gasteiger partial charge in [0.25, 0.3) is 0 Å². The summed E-state index contributed by atoms with van der Waals surface area (Å²) in [7, 11) is 0. The molecule has 10 aromatic carbocycles. The van der Waals surface area contributed by atoms with Crippen molar-refractivity contribution in [2.45, 2.75) is 0 Å². The highest BCUT2D eigenvalue weighted by atomic mass is 16.3. The lowest BCUT2D eigenvalue weighted by Crippen LogP contribution is -2.14. The number of fused-ring (bicyclic) bond motifs is 9. The van der Waals surface area contributed by atoms with Crippen LogP contribution in [0, 0.1) is 0 Å². The fourth-order valence-corrected chi connectivity index (χ4v) is 8.98. The van der Waals surface area contributed by atoms with E-state index in [1.165, 1.54) is 10.8 Å². The van der Waals surface area contributed by atoms with Crippen LogP contribution in [0.4, 0.5) is 34.1 Å². The monoisotopic (exact) mass is 742 g/mol. The van der Waals surface area contributed by atoms with Gasteiger partial charge in [0.05, 0.1) is 11.4 Å². The quantitative estimate of drug-likeness (QED) is 0.125. The number of nitrogens with zero attached hydrogens (tertiary/aromatic N) is 2. The van der Waals surface area contributed by atoms with Gasteiger partial charge in [-0.1, -0.05) is 121 Å². The van der Waals surface area contributed by atoms with Crippen LogP contribution in [0.25, 0.3) is 76.2 Å². The van der Waals surface area contributed by atoms with E-state index in [1.54, 1.807) is 0 Å². The number of rotatable bonds is 6. The Morgan fingerprint density at radius 3 is 1.05 bits per heavy atom. The van der Waals surface area contributed by atoms with E-state index in [0.717, 1.165) is 99.5 Å². The Labute approximate surface area is 334 Å². The van der Waals surface area contributed by atoms with E-state index in [0.29, 0.717) is 0 Å². The van der Waals surface area contributed by atoms with Gasteiger partial charge in [0, 0.05) is 65.8 Å². The van der Waals surface area contributed by atoms with E-state index in [1.807, 2.05) is 24.3 Å². The van der Waals surface area contributed by atoms with Crippen LogP contribution in [0.5, 0.6) is 0 Å². The Balaban J connectivity index is 1.22. The molecule has 272 valence electrons. The van der Waals surface area contributed by atoms with Crippen LogP contribution in [0.1, 0.15) is 0 Å². The van der Waals surface area contributed by atoms with Gasteiger partial charge in [-0.3, -0.25) is 0 Å². The first-order valence-electron chi connectivity index (χ1n) is 19.7. The number of furan rings is 2. The molecule has 2 aromatic heterocycles. The van der Waals surface area contributed by atoms with Crippen molar-refractivity contribution < 1.29 is 8.83 Å². The third-order valence-corrected chi connectivity index (χ3v) is 11.5. The molecule has 0 saturated carbocycles. The van der Waals surface area contributed by atoms with Crippen molar-refractivity contribution in [3.8, 4) is 0 Å². The van der Waals surface area contributed by atoms with Crippen molar-refractivity contribution in [2.24, 2.45) is 0 Å². The molecule has 58 heavy (non-hydrogen) atoms. The predicted octanol–water partition coefficient (Wildman–Crippen LogP) is 15.9. The molecule has 0 unspecified atom stereocenters. The van der Waals surface area contributed by atoms with Gasteiger partial charge >= 0.3 is 0 Å². The first-order chi connectivity index (χ1) is 28.8. The molecule has 0 spiro atoms. The second-order valence-corrected chi connectivity index (χ2v) is 14.9. The molecule has 0 radical (unpaired) electrons. The molecule has 0 atom stereocenters. The summed E-state index contributed by atoms with van der Waals surface area (Å²) in [6.45, 7) is 0. The van der Waals surface area contributed by atoms with Gasteiger partial charge in [-0.25, -0.2) is 0 Å². The van der Waals surface area contributed by atoms with Gasteiger partial charge in [0.15, 0.2) is 0 Å². The second-order valence-electron chi connectivity index (χ2n) is 14.9. The molecule has 0 fully saturated rings. The maximum Gasteiger partial charge on any atom is 0.135 e. The lowest BCUT2D eigenvalue weighted by Gasteiger charge is -2.33. The summed E-state index contributed by atoms with van der Waals surface area (Å²) in [5.41, 5.74) is 9.98. The van der Waals surface area contributed by atoms with Gasteiger partial charge in [0.2, 0.25) is 0 Å². The average molecular weight is 743 g/mol. The van der Waals surface area contributed by atoms with Crippen LogP contribution in [0.2, 0.25) is 0 Å². The topological polar surface area (TPSA) is 32.8 Å². The molecule has 0 aliphatic heterocycles. The summed E-state index contributed by atoms with van der Waals surface area (Å²) in [4.78, 5) is 4.86. The minimum absolute atomic E-state index is 0.870. The lowest BCUT2D eigenvalue weighted by molar-refractivity contribution is 0.668. The van der Waals surface area contributed by atoms with Crippen molar-refractivity contribution in [2.75, 3.05) is 9.80 Å². The normalized spacial score (nSPS) is 11.8. The van der Waals surface area contributed by atoms with Crippen LogP contribution >= 0.6 is 0 Å². The summed E-state index contributed by atoms with van der Waals surface area (Å²) < 4.78 is 12.7. The third-order valence-electron chi connectivity index (χ3n) is 11.5. The van der Waals surface area contributed by atoms with Crippen LogP contribution in [-0.2, 0) is 0 Å². The average Bonchev–Trinajstić information content (AvgIpc) is 3.85. The van der Waals surface area contributed by atoms with Crippen molar-refractivity contribution in [3.05, 3.63) is 206 Å². The molecule has 0 bridgehead atoms. The minimum atomic E-state index is 0.870. The molecular weight excluding hydrogens is 709 g/mol. The largest absolute Gasteiger partial charge is 0.456 e. The molecule has 4 nitrogen and oxygen atoms in total. The molecule has 0 amide bonds. The Morgan fingerprint density at radius 2 is 0.603 bits per heavy atom. The van der Waals surface area contributed by atoms with Crippen molar-refractivity contribution >= 4 is 110 Å². The van der Waals surface area contributed by atoms with E-state index in [9.17, 15) is 0 Å². The molecule has 12 aromatic rings. The van der Waals surface area contributed by atoms with Gasteiger partial charge in [0.1, 0.15) is 22.3 Å². The van der Waals surface area contributed by atoms with Crippen LogP contribution in [0.15, 0.2) is 215 Å². The number of hydrogen-bond donors (Lipinski definition) is 0. The fraction of sp³-hybridized carbons (Fsp3) is 0. The summed E-state index contributed by atoms with van der Waals surface area (Å²) in [6.07, 6.45) is 0. The van der Waals surface area contributed by atoms with Gasteiger partial charge in [-0.05, 0) is 95.7 Å². The van der Waals surface area contributed by atoms with E-state index in [2.05, 4.69) is 192 Å². The third kappa shape index (κ3) is 5.02. The summed E-state index contributed by atoms with van der Waals surface area (Å²) in [6, 6.07) is 73.5. The first kappa shape index (κ1) is 32.4. The number of anilines is 6. The second kappa shape index (κ2) is 12.9. The van der Waals surface area contributed by atoms with E-state index >= 15 is 0 Å². The zero-order valence-electron chi connectivity index (χ0n) is 31.3. The Hall–Kier alpha value is -7.82. The SMILES string of the molecule is c1ccc(N(c2ccc3oc4ccccc4c3c2)c2c3ccccc3c(N(c3ccccc3)c3ccc4oc5ccccc5c4c3)c3cc4ccccc4cc23)cc1. The van der Waals surface area contributed by atoms with Crippen molar-refractivity contribution in [1.29, 1.82) is 0 Å². The lowest BCUT2D eigenvalue weighted by atomic mass is 9.93. The molecule has 0 aliphatic carbocycles. The smallest absolute Gasteiger partial charge is 0.135 e. The standard InChI is InChI=1S/C54H34N2O2/c1-3-17-37(18-4-1)55(39-27-29-51-45(33-39)41-21-11-13-25-49(41)57-51)53-43-23-9-10-24-44(43)54(48-32-36-16-8-7-15-35(36)31-47(48)53)56(38-19-5-2-6-20-38)40-28-30-52-46(34-40)42-22-12-14-26-50(42)58-52/h1-34H. The van der Waals surface area contributed by atoms with Gasteiger partial charge in [-0.2, -0.15) is 0 Å². The summed E-state index contributed by atoms with van der Waals surface area (Å²) in [5.74, 6) is 0.